The number of nitrogens with two attached hydrogens (primary N) is 1. The number of pyridine rings is 1. The fraction of sp³-hybridized carbons (Fsp3) is 0.300. The molecule has 1 aromatic rings. The van der Waals surface area contributed by atoms with Gasteiger partial charge in [-0.2, -0.15) is 0 Å². The second-order valence-corrected chi connectivity index (χ2v) is 3.17. The zero-order valence-corrected chi connectivity index (χ0v) is 8.76. The van der Waals surface area contributed by atoms with Crippen molar-refractivity contribution in [3.63, 3.8) is 0 Å². The van der Waals surface area contributed by atoms with E-state index in [-0.39, 0.29) is 11.7 Å². The van der Waals surface area contributed by atoms with E-state index < -0.39 is 0 Å². The van der Waals surface area contributed by atoms with Crippen molar-refractivity contribution in [1.82, 2.24) is 10.3 Å². The van der Waals surface area contributed by atoms with E-state index in [0.29, 0.717) is 25.1 Å². The van der Waals surface area contributed by atoms with Crippen LogP contribution in [-0.4, -0.2) is 28.5 Å². The third-order valence-electron chi connectivity index (χ3n) is 1.92. The van der Waals surface area contributed by atoms with E-state index in [2.05, 4.69) is 15.5 Å². The summed E-state index contributed by atoms with van der Waals surface area (Å²) < 4.78 is 0. The minimum atomic E-state index is -0.222. The molecule has 0 spiro atoms. The SMILES string of the molecule is NC(CCCNC(=O)c1ccccn1)=NO. The Kier molecular flexibility index (Phi) is 4.78. The molecule has 86 valence electrons. The summed E-state index contributed by atoms with van der Waals surface area (Å²) in [5.74, 6) is -0.0628. The molecule has 0 radical (unpaired) electrons. The lowest BCUT2D eigenvalue weighted by atomic mass is 10.3. The molecule has 0 aliphatic rings. The minimum absolute atomic E-state index is 0.159. The van der Waals surface area contributed by atoms with Crippen LogP contribution in [0.15, 0.2) is 29.6 Å². The monoisotopic (exact) mass is 222 g/mol. The Bertz CT molecular complexity index is 364. The molecular formula is C10H14N4O2. The van der Waals surface area contributed by atoms with Crippen molar-refractivity contribution in [2.75, 3.05) is 6.54 Å². The Morgan fingerprint density at radius 3 is 3.00 bits per heavy atom. The van der Waals surface area contributed by atoms with Crippen LogP contribution in [0.5, 0.6) is 0 Å². The number of carbonyl (C=O) groups is 1. The van der Waals surface area contributed by atoms with Gasteiger partial charge in [-0.25, -0.2) is 0 Å². The number of rotatable bonds is 5. The zero-order chi connectivity index (χ0) is 11.8. The maximum Gasteiger partial charge on any atom is 0.269 e. The molecule has 1 heterocycles. The highest BCUT2D eigenvalue weighted by Gasteiger charge is 2.04. The van der Waals surface area contributed by atoms with Crippen molar-refractivity contribution in [3.8, 4) is 0 Å². The van der Waals surface area contributed by atoms with E-state index in [1.165, 1.54) is 0 Å². The first-order chi connectivity index (χ1) is 7.74. The number of hydrogen-bond donors (Lipinski definition) is 3. The molecule has 6 heteroatoms. The Morgan fingerprint density at radius 1 is 1.56 bits per heavy atom. The molecule has 0 fully saturated rings. The number of amidine groups is 1. The predicted octanol–water partition coefficient (Wildman–Crippen LogP) is 0.338. The van der Waals surface area contributed by atoms with Crippen LogP contribution < -0.4 is 11.1 Å². The van der Waals surface area contributed by atoms with E-state index in [1.807, 2.05) is 0 Å². The van der Waals surface area contributed by atoms with Crippen LogP contribution in [0.3, 0.4) is 0 Å². The van der Waals surface area contributed by atoms with E-state index in [9.17, 15) is 4.79 Å². The number of aromatic nitrogens is 1. The summed E-state index contributed by atoms with van der Waals surface area (Å²) in [5, 5.41) is 13.8. The highest BCUT2D eigenvalue weighted by molar-refractivity contribution is 5.92. The average molecular weight is 222 g/mol. The Balaban J connectivity index is 2.26. The third-order valence-corrected chi connectivity index (χ3v) is 1.92. The summed E-state index contributed by atoms with van der Waals surface area (Å²) in [6.07, 6.45) is 2.62. The number of carbonyl (C=O) groups excluding carboxylic acids is 1. The number of nitrogens with zero attached hydrogens (tertiary/aromatic N) is 2. The molecule has 0 atom stereocenters. The fourth-order valence-electron chi connectivity index (χ4n) is 1.11. The topological polar surface area (TPSA) is 101 Å². The smallest absolute Gasteiger partial charge is 0.269 e. The predicted molar refractivity (Wildman–Crippen MR) is 59.2 cm³/mol. The average Bonchev–Trinajstić information content (AvgIpc) is 2.35. The molecule has 4 N–H and O–H groups in total. The van der Waals surface area contributed by atoms with Crippen LogP contribution in [0.2, 0.25) is 0 Å². The lowest BCUT2D eigenvalue weighted by molar-refractivity contribution is 0.0948. The van der Waals surface area contributed by atoms with Crippen LogP contribution in [0.25, 0.3) is 0 Å². The molecule has 0 bridgehead atoms. The quantitative estimate of drug-likeness (QED) is 0.220. The zero-order valence-electron chi connectivity index (χ0n) is 8.76. The lowest BCUT2D eigenvalue weighted by Gasteiger charge is -2.03. The van der Waals surface area contributed by atoms with Gasteiger partial charge in [-0.3, -0.25) is 9.78 Å². The molecule has 1 rings (SSSR count). The highest BCUT2D eigenvalue weighted by Crippen LogP contribution is 1.93. The van der Waals surface area contributed by atoms with Crippen LogP contribution in [0, 0.1) is 0 Å². The first-order valence-electron chi connectivity index (χ1n) is 4.89. The van der Waals surface area contributed by atoms with Crippen LogP contribution >= 0.6 is 0 Å². The Labute approximate surface area is 93.2 Å². The van der Waals surface area contributed by atoms with Crippen LogP contribution in [0.1, 0.15) is 23.3 Å². The number of hydrogen-bond acceptors (Lipinski definition) is 4. The molecule has 0 saturated heterocycles. The van der Waals surface area contributed by atoms with Gasteiger partial charge in [0.25, 0.3) is 5.91 Å². The molecule has 16 heavy (non-hydrogen) atoms. The standard InChI is InChI=1S/C10H14N4O2/c11-9(14-16)5-3-7-13-10(15)8-4-1-2-6-12-8/h1-2,4,6,16H,3,5,7H2,(H2,11,14)(H,13,15). The van der Waals surface area contributed by atoms with E-state index in [0.717, 1.165) is 0 Å². The molecule has 0 aromatic carbocycles. The molecule has 0 saturated carbocycles. The van der Waals surface area contributed by atoms with Gasteiger partial charge < -0.3 is 16.3 Å². The van der Waals surface area contributed by atoms with Crippen molar-refractivity contribution in [1.29, 1.82) is 0 Å². The number of nitrogens with one attached hydrogen (secondary N) is 1. The largest absolute Gasteiger partial charge is 0.409 e. The molecule has 0 aliphatic heterocycles. The highest BCUT2D eigenvalue weighted by atomic mass is 16.4. The van der Waals surface area contributed by atoms with Crippen molar-refractivity contribution in [2.24, 2.45) is 10.9 Å². The van der Waals surface area contributed by atoms with Gasteiger partial charge in [0.2, 0.25) is 0 Å². The molecule has 1 aromatic heterocycles. The summed E-state index contributed by atoms with van der Waals surface area (Å²) >= 11 is 0. The van der Waals surface area contributed by atoms with Gasteiger partial charge in [0.1, 0.15) is 11.5 Å². The fourth-order valence-corrected chi connectivity index (χ4v) is 1.11. The van der Waals surface area contributed by atoms with Crippen molar-refractivity contribution < 1.29 is 10.0 Å². The molecule has 6 nitrogen and oxygen atoms in total. The number of amides is 1. The maximum atomic E-state index is 11.5. The molecule has 1 amide bonds. The summed E-state index contributed by atoms with van der Waals surface area (Å²) in [4.78, 5) is 15.4. The summed E-state index contributed by atoms with van der Waals surface area (Å²) in [6.45, 7) is 0.464. The van der Waals surface area contributed by atoms with Gasteiger partial charge in [-0.1, -0.05) is 11.2 Å². The Hall–Kier alpha value is -2.11. The van der Waals surface area contributed by atoms with E-state index in [1.54, 1.807) is 24.4 Å². The van der Waals surface area contributed by atoms with Crippen molar-refractivity contribution >= 4 is 11.7 Å². The summed E-state index contributed by atoms with van der Waals surface area (Å²) in [6, 6.07) is 5.13. The summed E-state index contributed by atoms with van der Waals surface area (Å²) in [7, 11) is 0. The van der Waals surface area contributed by atoms with E-state index in [4.69, 9.17) is 10.9 Å². The molecular weight excluding hydrogens is 208 g/mol. The lowest BCUT2D eigenvalue weighted by Crippen LogP contribution is -2.26. The van der Waals surface area contributed by atoms with Crippen LogP contribution in [-0.2, 0) is 0 Å². The van der Waals surface area contributed by atoms with Gasteiger partial charge in [0.05, 0.1) is 0 Å². The van der Waals surface area contributed by atoms with Gasteiger partial charge in [0, 0.05) is 19.2 Å². The van der Waals surface area contributed by atoms with Crippen LogP contribution in [0.4, 0.5) is 0 Å². The van der Waals surface area contributed by atoms with Gasteiger partial charge in [0.15, 0.2) is 0 Å². The second kappa shape index (κ2) is 6.39. The summed E-state index contributed by atoms with van der Waals surface area (Å²) in [5.41, 5.74) is 5.66. The molecule has 0 unspecified atom stereocenters. The Morgan fingerprint density at radius 2 is 2.38 bits per heavy atom. The van der Waals surface area contributed by atoms with Gasteiger partial charge in [-0.15, -0.1) is 0 Å². The van der Waals surface area contributed by atoms with Gasteiger partial charge in [-0.05, 0) is 18.6 Å². The normalized spacial score (nSPS) is 11.1. The minimum Gasteiger partial charge on any atom is -0.409 e. The second-order valence-electron chi connectivity index (χ2n) is 3.17. The van der Waals surface area contributed by atoms with Crippen molar-refractivity contribution in [2.45, 2.75) is 12.8 Å². The van der Waals surface area contributed by atoms with E-state index >= 15 is 0 Å². The van der Waals surface area contributed by atoms with Crippen molar-refractivity contribution in [3.05, 3.63) is 30.1 Å². The van der Waals surface area contributed by atoms with Gasteiger partial charge >= 0.3 is 0 Å². The number of oxime groups is 1. The first kappa shape index (κ1) is 12.0. The third kappa shape index (κ3) is 3.95. The molecule has 0 aliphatic carbocycles. The first-order valence-corrected chi connectivity index (χ1v) is 4.89. The maximum absolute atomic E-state index is 11.5.